The molecule has 2 aromatic carbocycles. The van der Waals surface area contributed by atoms with Crippen LogP contribution in [0.1, 0.15) is 48.8 Å². The van der Waals surface area contributed by atoms with E-state index in [0.717, 1.165) is 18.7 Å². The molecule has 4 N–H and O–H groups in total. The molecule has 5 amide bonds. The molecule has 2 atom stereocenters. The van der Waals surface area contributed by atoms with Gasteiger partial charge in [-0.15, -0.1) is 0 Å². The van der Waals surface area contributed by atoms with Gasteiger partial charge < -0.3 is 31.1 Å². The first-order valence-electron chi connectivity index (χ1n) is 14.8. The Bertz CT molecular complexity index is 1270. The highest BCUT2D eigenvalue weighted by atomic mass is 16.2. The average molecular weight is 617 g/mol. The Balaban J connectivity index is -0.00000278. The summed E-state index contributed by atoms with van der Waals surface area (Å²) in [6, 6.07) is 15.5. The number of benzene rings is 2. The summed E-state index contributed by atoms with van der Waals surface area (Å²) in [5, 5.41) is 9.89. The molecule has 3 rings (SSSR count). The zero-order chi connectivity index (χ0) is 32.5. The van der Waals surface area contributed by atoms with Crippen molar-refractivity contribution in [2.75, 3.05) is 46.3 Å². The Labute approximate surface area is 264 Å². The monoisotopic (exact) mass is 616 g/mol. The van der Waals surface area contributed by atoms with Crippen LogP contribution in [-0.2, 0) is 30.4 Å². The van der Waals surface area contributed by atoms with Crippen molar-refractivity contribution in [3.8, 4) is 0 Å². The Morgan fingerprint density at radius 1 is 0.773 bits per heavy atom. The van der Waals surface area contributed by atoms with Gasteiger partial charge in [-0.3, -0.25) is 28.8 Å². The molecule has 44 heavy (non-hydrogen) atoms. The molecule has 2 aromatic rings. The van der Waals surface area contributed by atoms with Crippen molar-refractivity contribution in [3.05, 3.63) is 71.8 Å². The lowest BCUT2D eigenvalue weighted by Crippen LogP contribution is -2.54. The molecule has 1 saturated heterocycles. The fraction of sp³-hybridized carbons (Fsp3) is 0.438. The van der Waals surface area contributed by atoms with Crippen LogP contribution >= 0.6 is 0 Å². The molecule has 1 aliphatic heterocycles. The Kier molecular flexibility index (Phi) is 15.3. The molecule has 1 aliphatic rings. The van der Waals surface area contributed by atoms with E-state index in [0.29, 0.717) is 18.7 Å². The molecule has 0 saturated carbocycles. The lowest BCUT2D eigenvalue weighted by atomic mass is 10.0. The molecule has 1 fully saturated rings. The van der Waals surface area contributed by atoms with Crippen molar-refractivity contribution in [2.24, 2.45) is 0 Å². The highest BCUT2D eigenvalue weighted by molar-refractivity contribution is 6.37. The van der Waals surface area contributed by atoms with Crippen molar-refractivity contribution in [2.45, 2.75) is 45.7 Å². The predicted octanol–water partition coefficient (Wildman–Crippen LogP) is 1.51. The number of nitrogens with one attached hydrogen (secondary N) is 4. The maximum absolute atomic E-state index is 13.1. The third kappa shape index (κ3) is 12.3. The second-order valence-electron chi connectivity index (χ2n) is 10.5. The lowest BCUT2D eigenvalue weighted by molar-refractivity contribution is -0.140. The number of hydrogen-bond donors (Lipinski definition) is 4. The van der Waals surface area contributed by atoms with Crippen LogP contribution in [0.15, 0.2) is 60.7 Å². The summed E-state index contributed by atoms with van der Waals surface area (Å²) in [6.45, 7) is 7.29. The zero-order valence-corrected chi connectivity index (χ0v) is 25.9. The van der Waals surface area contributed by atoms with Crippen molar-refractivity contribution < 1.29 is 34.5 Å². The molecule has 0 aromatic heterocycles. The van der Waals surface area contributed by atoms with E-state index in [-0.39, 0.29) is 24.6 Å². The number of carbonyl (C=O) groups is 6. The van der Waals surface area contributed by atoms with E-state index in [4.69, 9.17) is 0 Å². The standard InChI is InChI=1S/C29H36N6O6.C3H8.4H2/c1-20(26(38)30-18-24(36)29(41)31-19-25(37)35-15-13-34(2)14-16-35)32-28(40)23(17-21-9-5-3-6-10-21)33-27(39)22-11-7-4-8-12-22;1-3-2;;;;/h3-12,20,23H,13-19H2,1-2H3,(H,30,38)(H,31,41)(H,32,40)(H,33,39);3H2,1-2H3;4*1H/t20-,23-;;;;;/m0...../s1. The molecule has 0 spiro atoms. The molecular formula is C32H52N6O6. The number of Topliss-reactive ketones (excluding diaryl/α,β-unsaturated/α-hetero) is 1. The van der Waals surface area contributed by atoms with Crippen LogP contribution in [0.3, 0.4) is 0 Å². The van der Waals surface area contributed by atoms with Crippen LogP contribution in [0.2, 0.25) is 0 Å². The summed E-state index contributed by atoms with van der Waals surface area (Å²) in [4.78, 5) is 78.7. The Morgan fingerprint density at radius 2 is 1.34 bits per heavy atom. The van der Waals surface area contributed by atoms with E-state index < -0.39 is 48.0 Å². The lowest BCUT2D eigenvalue weighted by Gasteiger charge is -2.32. The van der Waals surface area contributed by atoms with E-state index >= 15 is 0 Å². The van der Waals surface area contributed by atoms with Gasteiger partial charge in [-0.2, -0.15) is 0 Å². The van der Waals surface area contributed by atoms with Gasteiger partial charge in [-0.05, 0) is 31.7 Å². The van der Waals surface area contributed by atoms with Crippen LogP contribution in [0.4, 0.5) is 0 Å². The van der Waals surface area contributed by atoms with E-state index in [1.807, 2.05) is 37.4 Å². The summed E-state index contributed by atoms with van der Waals surface area (Å²) < 4.78 is 0. The molecule has 0 bridgehead atoms. The number of likely N-dealkylation sites (N-methyl/N-ethyl adjacent to an activating group) is 1. The number of ketones is 1. The van der Waals surface area contributed by atoms with Crippen LogP contribution < -0.4 is 21.3 Å². The third-order valence-corrected chi connectivity index (χ3v) is 6.63. The van der Waals surface area contributed by atoms with Gasteiger partial charge in [0.2, 0.25) is 23.5 Å². The van der Waals surface area contributed by atoms with Crippen molar-refractivity contribution in [1.82, 2.24) is 31.1 Å². The van der Waals surface area contributed by atoms with Gasteiger partial charge >= 0.3 is 0 Å². The first-order valence-corrected chi connectivity index (χ1v) is 14.8. The molecule has 1 heterocycles. The van der Waals surface area contributed by atoms with E-state index in [1.165, 1.54) is 13.3 Å². The second kappa shape index (κ2) is 18.9. The number of piperazine rings is 1. The predicted molar refractivity (Wildman–Crippen MR) is 175 cm³/mol. The molecule has 12 nitrogen and oxygen atoms in total. The summed E-state index contributed by atoms with van der Waals surface area (Å²) in [5.74, 6) is -3.94. The Morgan fingerprint density at radius 3 is 1.93 bits per heavy atom. The number of rotatable bonds is 12. The number of amides is 5. The van der Waals surface area contributed by atoms with Crippen molar-refractivity contribution in [1.29, 1.82) is 0 Å². The quantitative estimate of drug-likeness (QED) is 0.263. The van der Waals surface area contributed by atoms with Gasteiger partial charge in [0.25, 0.3) is 11.8 Å². The van der Waals surface area contributed by atoms with Gasteiger partial charge in [-0.25, -0.2) is 0 Å². The molecule has 0 unspecified atom stereocenters. The summed E-state index contributed by atoms with van der Waals surface area (Å²) >= 11 is 0. The van der Waals surface area contributed by atoms with Gasteiger partial charge in [0, 0.05) is 43.9 Å². The van der Waals surface area contributed by atoms with Gasteiger partial charge in [0.15, 0.2) is 0 Å². The summed E-state index contributed by atoms with van der Waals surface area (Å²) in [6.07, 6.45) is 1.44. The normalized spacial score (nSPS) is 14.1. The minimum absolute atomic E-state index is 0. The number of carbonyl (C=O) groups excluding carboxylic acids is 6. The molecule has 0 radical (unpaired) electrons. The maximum atomic E-state index is 13.1. The van der Waals surface area contributed by atoms with Crippen molar-refractivity contribution >= 4 is 35.3 Å². The highest BCUT2D eigenvalue weighted by Crippen LogP contribution is 2.06. The van der Waals surface area contributed by atoms with Crippen LogP contribution in [-0.4, -0.2) is 104 Å². The molecule has 246 valence electrons. The summed E-state index contributed by atoms with van der Waals surface area (Å²) in [5.41, 5.74) is 1.19. The van der Waals surface area contributed by atoms with Crippen LogP contribution in [0, 0.1) is 0 Å². The molecular weight excluding hydrogens is 564 g/mol. The van der Waals surface area contributed by atoms with Gasteiger partial charge in [-0.1, -0.05) is 68.8 Å². The van der Waals surface area contributed by atoms with Crippen molar-refractivity contribution in [3.63, 3.8) is 0 Å². The zero-order valence-electron chi connectivity index (χ0n) is 25.9. The molecule has 0 aliphatic carbocycles. The van der Waals surface area contributed by atoms with Gasteiger partial charge in [0.1, 0.15) is 12.1 Å². The van der Waals surface area contributed by atoms with E-state index in [1.54, 1.807) is 35.2 Å². The SMILES string of the molecule is CCC.C[C@H](NC(=O)[C@H](Cc1ccccc1)NC(=O)c1ccccc1)C(=O)NCC(=O)C(=O)NCC(=O)N1CCN(C)CC1.[HH].[HH].[HH].[HH]. The van der Waals surface area contributed by atoms with Crippen LogP contribution in [0.25, 0.3) is 0 Å². The minimum Gasteiger partial charge on any atom is -0.347 e. The maximum Gasteiger partial charge on any atom is 0.289 e. The number of hydrogen-bond acceptors (Lipinski definition) is 7. The average Bonchev–Trinajstić information content (AvgIpc) is 3.03. The van der Waals surface area contributed by atoms with E-state index in [9.17, 15) is 28.8 Å². The topological polar surface area (TPSA) is 157 Å². The van der Waals surface area contributed by atoms with Gasteiger partial charge in [0.05, 0.1) is 13.1 Å². The summed E-state index contributed by atoms with van der Waals surface area (Å²) in [7, 11) is 1.95. The second-order valence-corrected chi connectivity index (χ2v) is 10.5. The largest absolute Gasteiger partial charge is 0.347 e. The Hall–Kier alpha value is -4.58. The first-order chi connectivity index (χ1) is 21.0. The fourth-order valence-corrected chi connectivity index (χ4v) is 4.09. The van der Waals surface area contributed by atoms with Crippen LogP contribution in [0.5, 0.6) is 0 Å². The molecule has 12 heteroatoms. The highest BCUT2D eigenvalue weighted by Gasteiger charge is 2.26. The number of nitrogens with zero attached hydrogens (tertiary/aromatic N) is 2. The first kappa shape index (κ1) is 35.6. The third-order valence-electron chi connectivity index (χ3n) is 6.63. The fourth-order valence-electron chi connectivity index (χ4n) is 4.09. The smallest absolute Gasteiger partial charge is 0.289 e. The minimum atomic E-state index is -1.07. The van der Waals surface area contributed by atoms with E-state index in [2.05, 4.69) is 40.0 Å².